The van der Waals surface area contributed by atoms with Crippen molar-refractivity contribution in [3.8, 4) is 0 Å². The summed E-state index contributed by atoms with van der Waals surface area (Å²) in [5, 5.41) is 3.43. The lowest BCUT2D eigenvalue weighted by molar-refractivity contribution is -0.140. The first-order valence-corrected chi connectivity index (χ1v) is 6.74. The van der Waals surface area contributed by atoms with Gasteiger partial charge >= 0.3 is 0 Å². The summed E-state index contributed by atoms with van der Waals surface area (Å²) in [6.45, 7) is 2.74. The molecular weight excluding hydrogens is 226 g/mol. The van der Waals surface area contributed by atoms with Gasteiger partial charge < -0.3 is 10.2 Å². The van der Waals surface area contributed by atoms with Crippen molar-refractivity contribution in [2.45, 2.75) is 31.8 Å². The maximum absolute atomic E-state index is 12.1. The van der Waals surface area contributed by atoms with Gasteiger partial charge in [-0.1, -0.05) is 6.07 Å². The fourth-order valence-electron chi connectivity index (χ4n) is 3.12. The third-order valence-electron chi connectivity index (χ3n) is 4.08. The van der Waals surface area contributed by atoms with E-state index in [-0.39, 0.29) is 0 Å². The molecule has 2 atom stereocenters. The highest BCUT2D eigenvalue weighted by Crippen LogP contribution is 2.29. The molecule has 2 fully saturated rings. The van der Waals surface area contributed by atoms with Gasteiger partial charge in [0.15, 0.2) is 0 Å². The van der Waals surface area contributed by atoms with Gasteiger partial charge in [-0.25, -0.2) is 0 Å². The number of amides is 1. The number of aromatic nitrogens is 1. The predicted octanol–water partition coefficient (Wildman–Crippen LogP) is 1.18. The first-order chi connectivity index (χ1) is 8.84. The molecule has 2 saturated heterocycles. The molecule has 0 bridgehead atoms. The van der Waals surface area contributed by atoms with Gasteiger partial charge in [0.25, 0.3) is 0 Å². The Kier molecular flexibility index (Phi) is 3.28. The quantitative estimate of drug-likeness (QED) is 0.851. The summed E-state index contributed by atoms with van der Waals surface area (Å²) in [6.07, 6.45) is 4.60. The Balaban J connectivity index is 1.77. The molecule has 0 aliphatic carbocycles. The molecule has 0 spiro atoms. The number of nitrogens with zero attached hydrogens (tertiary/aromatic N) is 2. The number of hydrogen-bond donors (Lipinski definition) is 1. The second kappa shape index (κ2) is 5.06. The largest absolute Gasteiger partial charge is 0.333 e. The van der Waals surface area contributed by atoms with Crippen molar-refractivity contribution in [2.75, 3.05) is 13.1 Å². The number of rotatable bonds is 2. The molecule has 0 aromatic carbocycles. The average Bonchev–Trinajstić information content (AvgIpc) is 2.43. The van der Waals surface area contributed by atoms with Crippen LogP contribution in [0.15, 0.2) is 24.4 Å². The monoisotopic (exact) mass is 245 g/mol. The van der Waals surface area contributed by atoms with E-state index in [4.69, 9.17) is 0 Å². The molecule has 1 amide bonds. The Morgan fingerprint density at radius 1 is 1.39 bits per heavy atom. The van der Waals surface area contributed by atoms with Gasteiger partial charge in [0.2, 0.25) is 5.91 Å². The molecular formula is C14H19N3O. The fraction of sp³-hybridized carbons (Fsp3) is 0.571. The highest BCUT2D eigenvalue weighted by molar-refractivity contribution is 5.77. The minimum Gasteiger partial charge on any atom is -0.333 e. The average molecular weight is 245 g/mol. The zero-order chi connectivity index (χ0) is 12.4. The van der Waals surface area contributed by atoms with Gasteiger partial charge in [0, 0.05) is 18.7 Å². The van der Waals surface area contributed by atoms with Crippen LogP contribution < -0.4 is 5.32 Å². The maximum atomic E-state index is 12.1. The number of carbonyl (C=O) groups excluding carboxylic acids is 1. The van der Waals surface area contributed by atoms with E-state index in [2.05, 4.69) is 15.2 Å². The molecule has 4 heteroatoms. The van der Waals surface area contributed by atoms with Crippen LogP contribution in [0.3, 0.4) is 0 Å². The normalized spacial score (nSPS) is 28.0. The summed E-state index contributed by atoms with van der Waals surface area (Å²) in [5.74, 6) is 0.920. The topological polar surface area (TPSA) is 45.2 Å². The summed E-state index contributed by atoms with van der Waals surface area (Å²) in [6, 6.07) is 6.30. The van der Waals surface area contributed by atoms with Crippen LogP contribution in [-0.2, 0) is 11.3 Å². The molecule has 3 heterocycles. The molecule has 1 aromatic rings. The van der Waals surface area contributed by atoms with Crippen LogP contribution in [0.25, 0.3) is 0 Å². The van der Waals surface area contributed by atoms with Crippen molar-refractivity contribution in [3.63, 3.8) is 0 Å². The summed E-state index contributed by atoms with van der Waals surface area (Å²) in [4.78, 5) is 18.5. The van der Waals surface area contributed by atoms with Gasteiger partial charge in [-0.2, -0.15) is 0 Å². The summed E-state index contributed by atoms with van der Waals surface area (Å²) < 4.78 is 0. The van der Waals surface area contributed by atoms with E-state index in [9.17, 15) is 4.79 Å². The van der Waals surface area contributed by atoms with Gasteiger partial charge in [-0.3, -0.25) is 9.78 Å². The van der Waals surface area contributed by atoms with E-state index >= 15 is 0 Å². The minimum atomic E-state index is 0.295. The van der Waals surface area contributed by atoms with E-state index in [0.717, 1.165) is 31.6 Å². The molecule has 4 nitrogen and oxygen atoms in total. The molecule has 2 aliphatic rings. The summed E-state index contributed by atoms with van der Waals surface area (Å²) >= 11 is 0. The van der Waals surface area contributed by atoms with Crippen LogP contribution in [0, 0.1) is 5.92 Å². The lowest BCUT2D eigenvalue weighted by Gasteiger charge is -2.44. The van der Waals surface area contributed by atoms with E-state index in [0.29, 0.717) is 30.8 Å². The molecule has 0 saturated carbocycles. The van der Waals surface area contributed by atoms with Crippen molar-refractivity contribution in [3.05, 3.63) is 30.1 Å². The highest BCUT2D eigenvalue weighted by Gasteiger charge is 2.36. The maximum Gasteiger partial charge on any atom is 0.223 e. The van der Waals surface area contributed by atoms with Crippen LogP contribution in [0.4, 0.5) is 0 Å². The number of piperidine rings is 2. The zero-order valence-electron chi connectivity index (χ0n) is 10.5. The van der Waals surface area contributed by atoms with E-state index < -0.39 is 0 Å². The Bertz CT molecular complexity index is 420. The summed E-state index contributed by atoms with van der Waals surface area (Å²) in [5.41, 5.74) is 0.991. The van der Waals surface area contributed by atoms with E-state index in [1.165, 1.54) is 0 Å². The van der Waals surface area contributed by atoms with Gasteiger partial charge in [0.1, 0.15) is 0 Å². The first-order valence-electron chi connectivity index (χ1n) is 6.74. The number of pyridine rings is 1. The predicted molar refractivity (Wildman–Crippen MR) is 68.8 cm³/mol. The molecule has 0 radical (unpaired) electrons. The Morgan fingerprint density at radius 2 is 2.33 bits per heavy atom. The molecule has 96 valence electrons. The van der Waals surface area contributed by atoms with E-state index in [1.54, 1.807) is 6.20 Å². The molecule has 0 unspecified atom stereocenters. The van der Waals surface area contributed by atoms with Crippen LogP contribution in [0.5, 0.6) is 0 Å². The van der Waals surface area contributed by atoms with Gasteiger partial charge in [-0.15, -0.1) is 0 Å². The van der Waals surface area contributed by atoms with Crippen LogP contribution in [0.1, 0.15) is 25.0 Å². The molecule has 18 heavy (non-hydrogen) atoms. The van der Waals surface area contributed by atoms with Gasteiger partial charge in [-0.05, 0) is 44.0 Å². The number of carbonyl (C=O) groups is 1. The van der Waals surface area contributed by atoms with Crippen molar-refractivity contribution in [1.82, 2.24) is 15.2 Å². The standard InChI is InChI=1S/C14H19N3O/c18-14-5-4-11-9-15-8-6-13(11)17(14)10-12-3-1-2-7-16-12/h1-3,7,11,13,15H,4-6,8-10H2/t11-,13+/m1/s1. The van der Waals surface area contributed by atoms with Crippen molar-refractivity contribution >= 4 is 5.91 Å². The second-order valence-corrected chi connectivity index (χ2v) is 5.20. The van der Waals surface area contributed by atoms with Gasteiger partial charge in [0.05, 0.1) is 12.2 Å². The lowest BCUT2D eigenvalue weighted by atomic mass is 9.84. The second-order valence-electron chi connectivity index (χ2n) is 5.20. The Labute approximate surface area is 107 Å². The minimum absolute atomic E-state index is 0.295. The smallest absolute Gasteiger partial charge is 0.223 e. The van der Waals surface area contributed by atoms with E-state index in [1.807, 2.05) is 18.2 Å². The fourth-order valence-corrected chi connectivity index (χ4v) is 3.12. The highest BCUT2D eigenvalue weighted by atomic mass is 16.2. The Hall–Kier alpha value is -1.42. The number of hydrogen-bond acceptors (Lipinski definition) is 3. The van der Waals surface area contributed by atoms with Crippen molar-refractivity contribution in [2.24, 2.45) is 5.92 Å². The number of likely N-dealkylation sites (tertiary alicyclic amines) is 1. The lowest BCUT2D eigenvalue weighted by Crippen LogP contribution is -2.54. The van der Waals surface area contributed by atoms with Crippen LogP contribution in [-0.4, -0.2) is 34.9 Å². The number of fused-ring (bicyclic) bond motifs is 1. The third kappa shape index (κ3) is 2.25. The SMILES string of the molecule is O=C1CC[C@@H]2CNCC[C@@H]2N1Cc1ccccn1. The number of nitrogens with one attached hydrogen (secondary N) is 1. The molecule has 2 aliphatic heterocycles. The van der Waals surface area contributed by atoms with Crippen LogP contribution >= 0.6 is 0 Å². The molecule has 1 aromatic heterocycles. The van der Waals surface area contributed by atoms with Crippen LogP contribution in [0.2, 0.25) is 0 Å². The third-order valence-corrected chi connectivity index (χ3v) is 4.08. The van der Waals surface area contributed by atoms with Crippen molar-refractivity contribution < 1.29 is 4.79 Å². The zero-order valence-corrected chi connectivity index (χ0v) is 10.5. The Morgan fingerprint density at radius 3 is 3.17 bits per heavy atom. The molecule has 1 N–H and O–H groups in total. The first kappa shape index (κ1) is 11.7. The van der Waals surface area contributed by atoms with Crippen molar-refractivity contribution in [1.29, 1.82) is 0 Å². The summed E-state index contributed by atoms with van der Waals surface area (Å²) in [7, 11) is 0. The molecule has 3 rings (SSSR count).